The van der Waals surface area contributed by atoms with Gasteiger partial charge >= 0.3 is 0 Å². The van der Waals surface area contributed by atoms with Crippen LogP contribution in [0.15, 0.2) is 59.6 Å². The molecule has 0 unspecified atom stereocenters. The highest BCUT2D eigenvalue weighted by atomic mass is 16.5. The predicted molar refractivity (Wildman–Crippen MR) is 137 cm³/mol. The summed E-state index contributed by atoms with van der Waals surface area (Å²) in [4.78, 5) is 22.3. The molecule has 1 fully saturated rings. The van der Waals surface area contributed by atoms with Crippen LogP contribution in [-0.2, 0) is 0 Å². The van der Waals surface area contributed by atoms with Crippen molar-refractivity contribution in [3.63, 3.8) is 0 Å². The molecule has 1 saturated heterocycles. The predicted octanol–water partition coefficient (Wildman–Crippen LogP) is 4.66. The number of nitrogens with zero attached hydrogens (tertiary/aromatic N) is 3. The monoisotopic (exact) mass is 487 g/mol. The summed E-state index contributed by atoms with van der Waals surface area (Å²) in [6, 6.07) is 17.0. The number of amides is 1. The molecule has 186 valence electrons. The zero-order valence-corrected chi connectivity index (χ0v) is 20.9. The van der Waals surface area contributed by atoms with Crippen LogP contribution < -0.4 is 18.9 Å². The van der Waals surface area contributed by atoms with Crippen LogP contribution in [-0.4, -0.2) is 69.1 Å². The maximum atomic E-state index is 13.3. The molecule has 8 nitrogen and oxygen atoms in total. The number of hydrogen-bond acceptors (Lipinski definition) is 7. The Bertz CT molecular complexity index is 1310. The molecule has 0 aromatic heterocycles. The summed E-state index contributed by atoms with van der Waals surface area (Å²) in [7, 11) is 4.79. The molecule has 2 aliphatic heterocycles. The molecule has 5 rings (SSSR count). The first-order valence-electron chi connectivity index (χ1n) is 11.8. The molecule has 0 bridgehead atoms. The molecule has 0 N–H and O–H groups in total. The number of piperazine rings is 1. The number of benzene rings is 3. The average molecular weight is 488 g/mol. The highest BCUT2D eigenvalue weighted by molar-refractivity contribution is 6.04. The average Bonchev–Trinajstić information content (AvgIpc) is 3.08. The van der Waals surface area contributed by atoms with Crippen LogP contribution in [0.3, 0.4) is 0 Å². The van der Waals surface area contributed by atoms with E-state index in [2.05, 4.69) is 4.90 Å². The molecule has 3 aromatic carbocycles. The number of amidine groups is 1. The molecule has 1 amide bonds. The summed E-state index contributed by atoms with van der Waals surface area (Å²) >= 11 is 0. The quantitative estimate of drug-likeness (QED) is 0.533. The van der Waals surface area contributed by atoms with E-state index in [1.165, 1.54) is 0 Å². The van der Waals surface area contributed by atoms with Crippen molar-refractivity contribution in [2.75, 3.05) is 47.5 Å². The van der Waals surface area contributed by atoms with Crippen molar-refractivity contribution in [2.24, 2.45) is 4.99 Å². The Hall–Kier alpha value is -4.20. The lowest BCUT2D eigenvalue weighted by Gasteiger charge is -2.36. The van der Waals surface area contributed by atoms with Crippen LogP contribution in [0.2, 0.25) is 0 Å². The zero-order chi connectivity index (χ0) is 25.2. The Labute approximate surface area is 210 Å². The highest BCUT2D eigenvalue weighted by Gasteiger charge is 2.28. The molecular formula is C28H29N3O5. The first kappa shape index (κ1) is 23.5. The van der Waals surface area contributed by atoms with Crippen molar-refractivity contribution in [3.05, 3.63) is 71.3 Å². The second-order valence-electron chi connectivity index (χ2n) is 8.75. The molecule has 36 heavy (non-hydrogen) atoms. The summed E-state index contributed by atoms with van der Waals surface area (Å²) in [5.41, 5.74) is 3.30. The van der Waals surface area contributed by atoms with Crippen molar-refractivity contribution < 1.29 is 23.7 Å². The van der Waals surface area contributed by atoms with Crippen LogP contribution in [0.5, 0.6) is 28.7 Å². The SMILES string of the molecule is COc1cc(OC)cc(C(=O)N2CCN(C3=Nc4ccc(C)cc4Oc4cc(OC)ccc43)CC2)c1. The van der Waals surface area contributed by atoms with Gasteiger partial charge < -0.3 is 28.7 Å². The Morgan fingerprint density at radius 1 is 0.806 bits per heavy atom. The lowest BCUT2D eigenvalue weighted by Crippen LogP contribution is -2.50. The molecule has 2 heterocycles. The standard InChI is InChI=1S/C28H29N3O5/c1-18-5-8-24-26(13-18)36-25-17-20(33-2)6-7-23(25)27(29-24)30-9-11-31(12-10-30)28(32)19-14-21(34-3)16-22(15-19)35-4/h5-8,13-17H,9-12H2,1-4H3. The van der Waals surface area contributed by atoms with Crippen LogP contribution in [0.4, 0.5) is 5.69 Å². The van der Waals surface area contributed by atoms with E-state index in [-0.39, 0.29) is 5.91 Å². The molecule has 0 radical (unpaired) electrons. The van der Waals surface area contributed by atoms with Gasteiger partial charge in [-0.15, -0.1) is 0 Å². The number of aliphatic imine (C=N–C) groups is 1. The van der Waals surface area contributed by atoms with E-state index in [0.29, 0.717) is 60.5 Å². The molecule has 0 saturated carbocycles. The molecule has 2 aliphatic rings. The van der Waals surface area contributed by atoms with Gasteiger partial charge in [-0.05, 0) is 48.9 Å². The summed E-state index contributed by atoms with van der Waals surface area (Å²) < 4.78 is 22.4. The molecule has 3 aromatic rings. The normalized spacial score (nSPS) is 14.6. The molecule has 0 aliphatic carbocycles. The Morgan fingerprint density at radius 2 is 1.50 bits per heavy atom. The highest BCUT2D eigenvalue weighted by Crippen LogP contribution is 2.40. The van der Waals surface area contributed by atoms with Crippen LogP contribution >= 0.6 is 0 Å². The number of methoxy groups -OCH3 is 3. The first-order valence-corrected chi connectivity index (χ1v) is 11.8. The number of rotatable bonds is 4. The summed E-state index contributed by atoms with van der Waals surface area (Å²) in [5.74, 6) is 4.07. The summed E-state index contributed by atoms with van der Waals surface area (Å²) in [6.45, 7) is 4.42. The molecule has 0 spiro atoms. The van der Waals surface area contributed by atoms with Crippen molar-refractivity contribution in [3.8, 4) is 28.7 Å². The second kappa shape index (κ2) is 9.81. The maximum absolute atomic E-state index is 13.3. The van der Waals surface area contributed by atoms with Crippen LogP contribution in [0.25, 0.3) is 0 Å². The Kier molecular flexibility index (Phi) is 6.41. The topological polar surface area (TPSA) is 72.8 Å². The van der Waals surface area contributed by atoms with E-state index >= 15 is 0 Å². The number of hydrogen-bond donors (Lipinski definition) is 0. The first-order chi connectivity index (χ1) is 17.5. The van der Waals surface area contributed by atoms with Crippen molar-refractivity contribution >= 4 is 17.4 Å². The number of carbonyl (C=O) groups is 1. The fourth-order valence-electron chi connectivity index (χ4n) is 4.46. The minimum Gasteiger partial charge on any atom is -0.497 e. The van der Waals surface area contributed by atoms with Crippen molar-refractivity contribution in [2.45, 2.75) is 6.92 Å². The van der Waals surface area contributed by atoms with E-state index in [9.17, 15) is 4.79 Å². The Morgan fingerprint density at radius 3 is 2.17 bits per heavy atom. The fourth-order valence-corrected chi connectivity index (χ4v) is 4.46. The molecule has 8 heteroatoms. The number of aryl methyl sites for hydroxylation is 1. The third kappa shape index (κ3) is 4.54. The van der Waals surface area contributed by atoms with Gasteiger partial charge in [0.1, 0.15) is 34.5 Å². The van der Waals surface area contributed by atoms with E-state index in [1.807, 2.05) is 48.2 Å². The number of fused-ring (bicyclic) bond motifs is 2. The zero-order valence-electron chi connectivity index (χ0n) is 20.9. The molecular weight excluding hydrogens is 458 g/mol. The summed E-state index contributed by atoms with van der Waals surface area (Å²) in [6.07, 6.45) is 0. The minimum absolute atomic E-state index is 0.0519. The van der Waals surface area contributed by atoms with Gasteiger partial charge in [-0.1, -0.05) is 6.07 Å². The minimum atomic E-state index is -0.0519. The fraction of sp³-hybridized carbons (Fsp3) is 0.286. The van der Waals surface area contributed by atoms with Gasteiger partial charge in [-0.25, -0.2) is 4.99 Å². The van der Waals surface area contributed by atoms with Gasteiger partial charge in [0.25, 0.3) is 5.91 Å². The third-order valence-electron chi connectivity index (χ3n) is 6.46. The summed E-state index contributed by atoms with van der Waals surface area (Å²) in [5, 5.41) is 0. The van der Waals surface area contributed by atoms with E-state index in [4.69, 9.17) is 23.9 Å². The maximum Gasteiger partial charge on any atom is 0.254 e. The lowest BCUT2D eigenvalue weighted by atomic mass is 10.1. The van der Waals surface area contributed by atoms with Gasteiger partial charge in [0.15, 0.2) is 5.75 Å². The van der Waals surface area contributed by atoms with Crippen LogP contribution in [0, 0.1) is 6.92 Å². The van der Waals surface area contributed by atoms with Gasteiger partial charge in [-0.3, -0.25) is 4.79 Å². The number of carbonyl (C=O) groups excluding carboxylic acids is 1. The van der Waals surface area contributed by atoms with Gasteiger partial charge in [-0.2, -0.15) is 0 Å². The largest absolute Gasteiger partial charge is 0.497 e. The van der Waals surface area contributed by atoms with Crippen molar-refractivity contribution in [1.29, 1.82) is 0 Å². The van der Waals surface area contributed by atoms with Gasteiger partial charge in [0.2, 0.25) is 0 Å². The molecule has 0 atom stereocenters. The van der Waals surface area contributed by atoms with E-state index in [0.717, 1.165) is 22.6 Å². The third-order valence-corrected chi connectivity index (χ3v) is 6.46. The number of ether oxygens (including phenoxy) is 4. The second-order valence-corrected chi connectivity index (χ2v) is 8.75. The lowest BCUT2D eigenvalue weighted by molar-refractivity contribution is 0.0691. The van der Waals surface area contributed by atoms with Gasteiger partial charge in [0, 0.05) is 43.9 Å². The van der Waals surface area contributed by atoms with Crippen LogP contribution in [0.1, 0.15) is 21.5 Å². The van der Waals surface area contributed by atoms with Crippen molar-refractivity contribution in [1.82, 2.24) is 9.80 Å². The Balaban J connectivity index is 1.41. The van der Waals surface area contributed by atoms with E-state index in [1.54, 1.807) is 39.5 Å². The van der Waals surface area contributed by atoms with Gasteiger partial charge in [0.05, 0.1) is 26.9 Å². The van der Waals surface area contributed by atoms with E-state index < -0.39 is 0 Å². The smallest absolute Gasteiger partial charge is 0.254 e.